The number of oxazole rings is 1. The fourth-order valence-corrected chi connectivity index (χ4v) is 1.58. The van der Waals surface area contributed by atoms with Gasteiger partial charge in [-0.25, -0.2) is 4.79 Å². The molecule has 16 heavy (non-hydrogen) atoms. The topological polar surface area (TPSA) is 63.1 Å². The van der Waals surface area contributed by atoms with Crippen LogP contribution in [0.2, 0.25) is 0 Å². The van der Waals surface area contributed by atoms with Crippen LogP contribution in [0.25, 0.3) is 11.1 Å². The summed E-state index contributed by atoms with van der Waals surface area (Å²) in [5.41, 5.74) is 1.66. The first-order chi connectivity index (χ1) is 7.61. The zero-order valence-corrected chi connectivity index (χ0v) is 9.24. The molecule has 84 valence electrons. The van der Waals surface area contributed by atoms with E-state index in [2.05, 4.69) is 4.98 Å². The van der Waals surface area contributed by atoms with Crippen molar-refractivity contribution in [1.82, 2.24) is 4.98 Å². The van der Waals surface area contributed by atoms with Crippen molar-refractivity contribution in [1.29, 1.82) is 0 Å². The average molecular weight is 219 g/mol. The van der Waals surface area contributed by atoms with Gasteiger partial charge in [-0.3, -0.25) is 9.78 Å². The number of ketones is 1. The van der Waals surface area contributed by atoms with Crippen molar-refractivity contribution >= 4 is 16.9 Å². The lowest BCUT2D eigenvalue weighted by Crippen LogP contribution is -2.09. The molecule has 1 heterocycles. The Labute approximate surface area is 92.3 Å². The predicted molar refractivity (Wildman–Crippen MR) is 60.6 cm³/mol. The van der Waals surface area contributed by atoms with Gasteiger partial charge in [0, 0.05) is 11.5 Å². The normalized spacial score (nSPS) is 12.9. The number of rotatable bonds is 3. The number of nitrogens with one attached hydrogen (secondary N) is 1. The number of benzene rings is 1. The Morgan fingerprint density at radius 2 is 2.25 bits per heavy atom. The van der Waals surface area contributed by atoms with E-state index in [1.54, 1.807) is 18.2 Å². The molecule has 1 aromatic heterocycles. The van der Waals surface area contributed by atoms with E-state index in [4.69, 9.17) is 4.42 Å². The Morgan fingerprint density at radius 3 is 2.94 bits per heavy atom. The molecule has 0 aliphatic rings. The molecule has 0 aliphatic heterocycles. The van der Waals surface area contributed by atoms with Crippen LogP contribution >= 0.6 is 0 Å². The zero-order chi connectivity index (χ0) is 11.7. The number of H-pyrrole nitrogens is 1. The Balaban J connectivity index is 2.46. The van der Waals surface area contributed by atoms with Crippen LogP contribution in [-0.4, -0.2) is 10.8 Å². The third-order valence-electron chi connectivity index (χ3n) is 2.76. The van der Waals surface area contributed by atoms with Crippen molar-refractivity contribution in [3.8, 4) is 0 Å². The lowest BCUT2D eigenvalue weighted by atomic mass is 9.97. The highest BCUT2D eigenvalue weighted by Gasteiger charge is 2.14. The first kappa shape index (κ1) is 10.7. The Bertz CT molecular complexity index is 579. The number of carbonyl (C=O) groups is 1. The summed E-state index contributed by atoms with van der Waals surface area (Å²) in [7, 11) is 0. The number of carbonyl (C=O) groups excluding carboxylic acids is 1. The third kappa shape index (κ3) is 1.78. The molecule has 0 fully saturated rings. The number of aromatic nitrogens is 1. The number of hydrogen-bond donors (Lipinski definition) is 1. The van der Waals surface area contributed by atoms with E-state index >= 15 is 0 Å². The van der Waals surface area contributed by atoms with Crippen LogP contribution in [0.5, 0.6) is 0 Å². The summed E-state index contributed by atoms with van der Waals surface area (Å²) in [5.74, 6) is -0.411. The van der Waals surface area contributed by atoms with Crippen LogP contribution in [-0.2, 0) is 0 Å². The molecule has 0 saturated carbocycles. The van der Waals surface area contributed by atoms with Crippen LogP contribution < -0.4 is 5.76 Å². The van der Waals surface area contributed by atoms with E-state index in [1.807, 2.05) is 13.8 Å². The first-order valence-corrected chi connectivity index (χ1v) is 5.29. The lowest BCUT2D eigenvalue weighted by Gasteiger charge is -2.06. The van der Waals surface area contributed by atoms with Gasteiger partial charge in [-0.1, -0.05) is 13.8 Å². The van der Waals surface area contributed by atoms with E-state index < -0.39 is 5.76 Å². The molecule has 0 bridgehead atoms. The van der Waals surface area contributed by atoms with Gasteiger partial charge in [0.2, 0.25) is 0 Å². The van der Waals surface area contributed by atoms with Gasteiger partial charge in [-0.2, -0.15) is 0 Å². The molecule has 1 unspecified atom stereocenters. The molecule has 2 aromatic rings. The third-order valence-corrected chi connectivity index (χ3v) is 2.76. The first-order valence-electron chi connectivity index (χ1n) is 5.29. The minimum Gasteiger partial charge on any atom is -0.408 e. The van der Waals surface area contributed by atoms with Gasteiger partial charge in [0.1, 0.15) is 0 Å². The summed E-state index contributed by atoms with van der Waals surface area (Å²) in [5, 5.41) is 0. The summed E-state index contributed by atoms with van der Waals surface area (Å²) >= 11 is 0. The number of fused-ring (bicyclic) bond motifs is 1. The predicted octanol–water partition coefficient (Wildman–Crippen LogP) is 2.35. The number of aromatic amines is 1. The average Bonchev–Trinajstić information content (AvgIpc) is 2.65. The van der Waals surface area contributed by atoms with Gasteiger partial charge in [0.05, 0.1) is 5.52 Å². The van der Waals surface area contributed by atoms with E-state index in [0.29, 0.717) is 16.7 Å². The highest BCUT2D eigenvalue weighted by Crippen LogP contribution is 2.16. The van der Waals surface area contributed by atoms with Crippen LogP contribution in [0.3, 0.4) is 0 Å². The molecular formula is C12H13NO3. The molecule has 1 atom stereocenters. The summed E-state index contributed by atoms with van der Waals surface area (Å²) in [6, 6.07) is 4.99. The molecule has 1 N–H and O–H groups in total. The minimum absolute atomic E-state index is 0.00364. The largest absolute Gasteiger partial charge is 0.417 e. The monoisotopic (exact) mass is 219 g/mol. The van der Waals surface area contributed by atoms with E-state index in [1.165, 1.54) is 0 Å². The van der Waals surface area contributed by atoms with Crippen LogP contribution in [0, 0.1) is 5.92 Å². The Kier molecular flexibility index (Phi) is 2.64. The van der Waals surface area contributed by atoms with E-state index in [0.717, 1.165) is 6.42 Å². The fourth-order valence-electron chi connectivity index (χ4n) is 1.58. The highest BCUT2D eigenvalue weighted by atomic mass is 16.4. The van der Waals surface area contributed by atoms with Crippen molar-refractivity contribution in [2.24, 2.45) is 5.92 Å². The van der Waals surface area contributed by atoms with Crippen molar-refractivity contribution < 1.29 is 9.21 Å². The molecule has 4 heteroatoms. The van der Waals surface area contributed by atoms with Crippen molar-refractivity contribution in [2.75, 3.05) is 0 Å². The molecule has 1 aromatic carbocycles. The molecule has 0 spiro atoms. The molecule has 0 amide bonds. The molecule has 4 nitrogen and oxygen atoms in total. The fraction of sp³-hybridized carbons (Fsp3) is 0.333. The maximum Gasteiger partial charge on any atom is 0.417 e. The van der Waals surface area contributed by atoms with Crippen molar-refractivity contribution in [2.45, 2.75) is 20.3 Å². The minimum atomic E-state index is -0.497. The Hall–Kier alpha value is -1.84. The number of Topliss-reactive ketones (excluding diaryl/α,β-unsaturated/α-hetero) is 1. The van der Waals surface area contributed by atoms with Gasteiger partial charge in [0.15, 0.2) is 11.4 Å². The van der Waals surface area contributed by atoms with Crippen LogP contribution in [0.15, 0.2) is 27.4 Å². The van der Waals surface area contributed by atoms with E-state index in [9.17, 15) is 9.59 Å². The standard InChI is InChI=1S/C12H13NO3/c1-3-7(2)11(14)8-4-5-10-9(6-8)13-12(15)16-10/h4-7H,3H2,1-2H3,(H,13,15). The number of hydrogen-bond acceptors (Lipinski definition) is 3. The maximum atomic E-state index is 11.9. The maximum absolute atomic E-state index is 11.9. The van der Waals surface area contributed by atoms with Crippen molar-refractivity contribution in [3.63, 3.8) is 0 Å². The molecular weight excluding hydrogens is 206 g/mol. The molecule has 0 saturated heterocycles. The molecule has 0 aliphatic carbocycles. The quantitative estimate of drug-likeness (QED) is 0.806. The van der Waals surface area contributed by atoms with Gasteiger partial charge >= 0.3 is 5.76 Å². The summed E-state index contributed by atoms with van der Waals surface area (Å²) in [6.07, 6.45) is 0.804. The smallest absolute Gasteiger partial charge is 0.408 e. The Morgan fingerprint density at radius 1 is 1.50 bits per heavy atom. The zero-order valence-electron chi connectivity index (χ0n) is 9.24. The molecule has 0 radical (unpaired) electrons. The van der Waals surface area contributed by atoms with Gasteiger partial charge in [0.25, 0.3) is 0 Å². The second-order valence-electron chi connectivity index (χ2n) is 3.90. The summed E-state index contributed by atoms with van der Waals surface area (Å²) < 4.78 is 4.87. The SMILES string of the molecule is CCC(C)C(=O)c1ccc2oc(=O)[nH]c2c1. The second-order valence-corrected chi connectivity index (χ2v) is 3.90. The van der Waals surface area contributed by atoms with Crippen LogP contribution in [0.4, 0.5) is 0 Å². The summed E-state index contributed by atoms with van der Waals surface area (Å²) in [4.78, 5) is 25.4. The summed E-state index contributed by atoms with van der Waals surface area (Å²) in [6.45, 7) is 3.87. The molecule has 2 rings (SSSR count). The lowest BCUT2D eigenvalue weighted by molar-refractivity contribution is 0.0927. The van der Waals surface area contributed by atoms with Gasteiger partial charge in [-0.05, 0) is 24.6 Å². The van der Waals surface area contributed by atoms with Gasteiger partial charge in [-0.15, -0.1) is 0 Å². The van der Waals surface area contributed by atoms with Crippen LogP contribution in [0.1, 0.15) is 30.6 Å². The van der Waals surface area contributed by atoms with E-state index in [-0.39, 0.29) is 11.7 Å². The highest BCUT2D eigenvalue weighted by molar-refractivity contribution is 5.99. The second kappa shape index (κ2) is 3.96. The van der Waals surface area contributed by atoms with Gasteiger partial charge < -0.3 is 4.42 Å². The van der Waals surface area contributed by atoms with Crippen molar-refractivity contribution in [3.05, 3.63) is 34.3 Å².